The molecule has 1 saturated heterocycles. The number of carbonyl (C=O) groups excluding carboxylic acids is 1. The Morgan fingerprint density at radius 3 is 2.69 bits per heavy atom. The topological polar surface area (TPSA) is 64.2 Å². The van der Waals surface area contributed by atoms with Crippen LogP contribution in [0.1, 0.15) is 29.4 Å². The number of rotatable bonds is 3. The first-order valence-corrected chi connectivity index (χ1v) is 7.94. The average Bonchev–Trinajstić information content (AvgIpc) is 3.21. The zero-order chi connectivity index (χ0) is 18.2. The van der Waals surface area contributed by atoms with Crippen molar-refractivity contribution >= 4 is 18.3 Å². The van der Waals surface area contributed by atoms with Gasteiger partial charge in [-0.1, -0.05) is 13.0 Å². The molecule has 0 radical (unpaired) electrons. The zero-order valence-electron chi connectivity index (χ0n) is 14.2. The summed E-state index contributed by atoms with van der Waals surface area (Å²) in [5.74, 6) is -0.233. The number of nitrogens with two attached hydrogens (primary N) is 1. The quantitative estimate of drug-likeness (QED) is 0.878. The highest BCUT2D eigenvalue weighted by Gasteiger charge is 2.36. The van der Waals surface area contributed by atoms with E-state index < -0.39 is 11.7 Å². The lowest BCUT2D eigenvalue weighted by molar-refractivity contribution is -0.137. The van der Waals surface area contributed by atoms with E-state index in [0.29, 0.717) is 19.6 Å². The van der Waals surface area contributed by atoms with Gasteiger partial charge < -0.3 is 10.6 Å². The van der Waals surface area contributed by atoms with E-state index in [1.807, 2.05) is 6.92 Å². The van der Waals surface area contributed by atoms with Gasteiger partial charge in [-0.15, -0.1) is 12.4 Å². The number of hydrogen-bond acceptors (Lipinski definition) is 3. The smallest absolute Gasteiger partial charge is 0.337 e. The maximum atomic E-state index is 12.8. The predicted molar refractivity (Wildman–Crippen MR) is 93.5 cm³/mol. The van der Waals surface area contributed by atoms with E-state index in [4.69, 9.17) is 5.73 Å². The summed E-state index contributed by atoms with van der Waals surface area (Å²) >= 11 is 0. The second-order valence-corrected chi connectivity index (χ2v) is 6.69. The molecule has 5 nitrogen and oxygen atoms in total. The Labute approximate surface area is 155 Å². The van der Waals surface area contributed by atoms with Crippen molar-refractivity contribution in [2.45, 2.75) is 19.5 Å². The van der Waals surface area contributed by atoms with Crippen LogP contribution in [0.3, 0.4) is 0 Å². The maximum Gasteiger partial charge on any atom is 0.416 e. The van der Waals surface area contributed by atoms with Crippen LogP contribution in [-0.4, -0.2) is 40.2 Å². The highest BCUT2D eigenvalue weighted by Crippen LogP contribution is 2.31. The van der Waals surface area contributed by atoms with Gasteiger partial charge in [-0.2, -0.15) is 18.3 Å². The van der Waals surface area contributed by atoms with Crippen molar-refractivity contribution in [1.29, 1.82) is 0 Å². The number of carbonyl (C=O) groups is 1. The van der Waals surface area contributed by atoms with Crippen molar-refractivity contribution in [3.05, 3.63) is 47.8 Å². The number of likely N-dealkylation sites (tertiary alicyclic amines) is 1. The average molecular weight is 389 g/mol. The van der Waals surface area contributed by atoms with E-state index >= 15 is 0 Å². The number of halogens is 4. The van der Waals surface area contributed by atoms with E-state index in [2.05, 4.69) is 5.10 Å². The molecule has 3 rings (SSSR count). The minimum atomic E-state index is -4.43. The van der Waals surface area contributed by atoms with E-state index in [0.717, 1.165) is 18.6 Å². The van der Waals surface area contributed by atoms with Crippen LogP contribution in [0.15, 0.2) is 36.5 Å². The molecule has 1 aliphatic heterocycles. The minimum Gasteiger partial charge on any atom is -0.337 e. The summed E-state index contributed by atoms with van der Waals surface area (Å²) in [5, 5.41) is 4.15. The lowest BCUT2D eigenvalue weighted by Crippen LogP contribution is -2.34. The highest BCUT2D eigenvalue weighted by atomic mass is 35.5. The van der Waals surface area contributed by atoms with Gasteiger partial charge in [0, 0.05) is 19.3 Å². The van der Waals surface area contributed by atoms with Crippen LogP contribution in [0.5, 0.6) is 0 Å². The normalized spacial score (nSPS) is 20.1. The molecule has 0 saturated carbocycles. The molecular weight excluding hydrogens is 369 g/mol. The standard InChI is InChI=1S/C17H19F3N4O.ClH/c1-16(10-21)6-8-23(11-16)15(25)14-5-7-24(22-14)13-4-2-3-12(9-13)17(18,19)20;/h2-5,7,9H,6,8,10-11,21H2,1H3;1H. The fourth-order valence-electron chi connectivity index (χ4n) is 2.93. The Morgan fingerprint density at radius 2 is 2.08 bits per heavy atom. The Hall–Kier alpha value is -2.06. The summed E-state index contributed by atoms with van der Waals surface area (Å²) < 4.78 is 39.8. The Bertz CT molecular complexity index is 792. The van der Waals surface area contributed by atoms with Crippen LogP contribution < -0.4 is 5.73 Å². The number of amides is 1. The molecule has 0 aliphatic carbocycles. The van der Waals surface area contributed by atoms with Crippen molar-refractivity contribution in [1.82, 2.24) is 14.7 Å². The molecule has 1 aliphatic rings. The summed E-state index contributed by atoms with van der Waals surface area (Å²) in [6, 6.07) is 6.34. The third-order valence-electron chi connectivity index (χ3n) is 4.58. The molecule has 0 bridgehead atoms. The summed E-state index contributed by atoms with van der Waals surface area (Å²) in [5.41, 5.74) is 5.35. The van der Waals surface area contributed by atoms with Gasteiger partial charge >= 0.3 is 6.18 Å². The second-order valence-electron chi connectivity index (χ2n) is 6.69. The fourth-order valence-corrected chi connectivity index (χ4v) is 2.93. The molecule has 1 unspecified atom stereocenters. The summed E-state index contributed by atoms with van der Waals surface area (Å²) in [6.45, 7) is 3.68. The van der Waals surface area contributed by atoms with Gasteiger partial charge in [-0.3, -0.25) is 4.79 Å². The van der Waals surface area contributed by atoms with Gasteiger partial charge in [0.1, 0.15) is 0 Å². The SMILES string of the molecule is CC1(CN)CCN(C(=O)c2ccn(-c3cccc(C(F)(F)F)c3)n2)C1.Cl. The van der Waals surface area contributed by atoms with Crippen molar-refractivity contribution < 1.29 is 18.0 Å². The number of benzene rings is 1. The van der Waals surface area contributed by atoms with Crippen LogP contribution in [0, 0.1) is 5.41 Å². The molecule has 1 amide bonds. The van der Waals surface area contributed by atoms with Gasteiger partial charge in [-0.05, 0) is 42.6 Å². The van der Waals surface area contributed by atoms with Crippen molar-refractivity contribution in [2.75, 3.05) is 19.6 Å². The fraction of sp³-hybridized carbons (Fsp3) is 0.412. The summed E-state index contributed by atoms with van der Waals surface area (Å²) in [6.07, 6.45) is -2.12. The Kier molecular flexibility index (Phi) is 5.67. The third kappa shape index (κ3) is 4.02. The van der Waals surface area contributed by atoms with Gasteiger partial charge in [0.25, 0.3) is 5.91 Å². The molecule has 0 spiro atoms. The van der Waals surface area contributed by atoms with E-state index in [-0.39, 0.29) is 35.1 Å². The van der Waals surface area contributed by atoms with Crippen molar-refractivity contribution in [3.63, 3.8) is 0 Å². The van der Waals surface area contributed by atoms with Crippen LogP contribution in [0.4, 0.5) is 13.2 Å². The minimum absolute atomic E-state index is 0. The molecule has 2 heterocycles. The summed E-state index contributed by atoms with van der Waals surface area (Å²) in [4.78, 5) is 14.2. The van der Waals surface area contributed by atoms with Gasteiger partial charge in [0.2, 0.25) is 0 Å². The van der Waals surface area contributed by atoms with Crippen LogP contribution in [0.2, 0.25) is 0 Å². The molecule has 1 aromatic carbocycles. The van der Waals surface area contributed by atoms with Crippen LogP contribution in [0.25, 0.3) is 5.69 Å². The molecule has 1 aromatic heterocycles. The third-order valence-corrected chi connectivity index (χ3v) is 4.58. The van der Waals surface area contributed by atoms with Crippen LogP contribution in [-0.2, 0) is 6.18 Å². The van der Waals surface area contributed by atoms with E-state index in [9.17, 15) is 18.0 Å². The molecule has 1 fully saturated rings. The largest absolute Gasteiger partial charge is 0.416 e. The van der Waals surface area contributed by atoms with Gasteiger partial charge in [0.15, 0.2) is 5.69 Å². The molecule has 142 valence electrons. The maximum absolute atomic E-state index is 12.8. The molecule has 9 heteroatoms. The number of hydrogen-bond donors (Lipinski definition) is 1. The van der Waals surface area contributed by atoms with Crippen LogP contribution >= 0.6 is 12.4 Å². The van der Waals surface area contributed by atoms with E-state index in [1.165, 1.54) is 29.1 Å². The molecule has 1 atom stereocenters. The first-order chi connectivity index (χ1) is 11.7. The first-order valence-electron chi connectivity index (χ1n) is 7.94. The van der Waals surface area contributed by atoms with E-state index in [1.54, 1.807) is 4.90 Å². The zero-order valence-corrected chi connectivity index (χ0v) is 15.0. The predicted octanol–water partition coefficient (Wildman–Crippen LogP) is 3.12. The Balaban J connectivity index is 0.00000243. The lowest BCUT2D eigenvalue weighted by Gasteiger charge is -2.22. The number of aromatic nitrogens is 2. The van der Waals surface area contributed by atoms with Crippen molar-refractivity contribution in [2.24, 2.45) is 11.1 Å². The molecular formula is C17H20ClF3N4O. The lowest BCUT2D eigenvalue weighted by atomic mass is 9.90. The second kappa shape index (κ2) is 7.28. The molecule has 2 N–H and O–H groups in total. The first kappa shape index (κ1) is 20.3. The van der Waals surface area contributed by atoms with Gasteiger partial charge in [0.05, 0.1) is 11.3 Å². The monoisotopic (exact) mass is 388 g/mol. The Morgan fingerprint density at radius 1 is 1.35 bits per heavy atom. The number of alkyl halides is 3. The van der Waals surface area contributed by atoms with Crippen molar-refractivity contribution in [3.8, 4) is 5.69 Å². The number of nitrogens with zero attached hydrogens (tertiary/aromatic N) is 3. The molecule has 2 aromatic rings. The highest BCUT2D eigenvalue weighted by molar-refractivity contribution is 5.92. The molecule has 26 heavy (non-hydrogen) atoms. The van der Waals surface area contributed by atoms with Gasteiger partial charge in [-0.25, -0.2) is 4.68 Å². The summed E-state index contributed by atoms with van der Waals surface area (Å²) in [7, 11) is 0.